The number of thioether (sulfide) groups is 1. The maximum Gasteiger partial charge on any atom is 0.327 e. The Kier molecular flexibility index (Phi) is 5.98. The largest absolute Gasteiger partial charge is 0.480 e. The molecule has 0 aliphatic carbocycles. The van der Waals surface area contributed by atoms with E-state index < -0.39 is 63.9 Å². The van der Waals surface area contributed by atoms with Gasteiger partial charge in [0.05, 0.1) is 0 Å². The average Bonchev–Trinajstić information content (AvgIpc) is 3.03. The Balaban J connectivity index is 1.51. The molecule has 1 aromatic rings. The number of nitrogens with zero attached hydrogens (tertiary/aromatic N) is 2. The van der Waals surface area contributed by atoms with E-state index in [1.54, 1.807) is 44.2 Å². The molecule has 4 rings (SSSR count). The van der Waals surface area contributed by atoms with Crippen molar-refractivity contribution >= 4 is 47.4 Å². The fourth-order valence-corrected chi connectivity index (χ4v) is 5.95. The third-order valence-corrected chi connectivity index (χ3v) is 7.44. The monoisotopic (exact) mass is 489 g/mol. The number of β-lactam (4-membered cyclic amide) rings is 1. The van der Waals surface area contributed by atoms with Crippen LogP contribution in [0.4, 0.5) is 4.79 Å². The molecule has 6 amide bonds. The van der Waals surface area contributed by atoms with Crippen molar-refractivity contribution in [3.05, 3.63) is 35.9 Å². The molecule has 0 spiro atoms. The lowest BCUT2D eigenvalue weighted by Gasteiger charge is -2.44. The van der Waals surface area contributed by atoms with Gasteiger partial charge in [0, 0.05) is 4.75 Å². The molecular formula is C21H23N5O7S. The Bertz CT molecular complexity index is 1060. The molecule has 3 aliphatic heterocycles. The number of rotatable bonds is 5. The van der Waals surface area contributed by atoms with Gasteiger partial charge in [0.1, 0.15) is 36.6 Å². The second-order valence-electron chi connectivity index (χ2n) is 8.71. The van der Waals surface area contributed by atoms with Crippen LogP contribution in [0.15, 0.2) is 30.3 Å². The number of carbonyl (C=O) groups is 6. The first-order valence-corrected chi connectivity index (χ1v) is 11.3. The molecule has 3 aliphatic rings. The summed E-state index contributed by atoms with van der Waals surface area (Å²) in [6.45, 7) is 2.76. The molecule has 1 aromatic carbocycles. The van der Waals surface area contributed by atoms with Gasteiger partial charge >= 0.3 is 12.0 Å². The Morgan fingerprint density at radius 1 is 1.12 bits per heavy atom. The summed E-state index contributed by atoms with van der Waals surface area (Å²) < 4.78 is -0.750. The normalized spacial score (nSPS) is 26.2. The third kappa shape index (κ3) is 4.18. The Morgan fingerprint density at radius 3 is 2.32 bits per heavy atom. The van der Waals surface area contributed by atoms with E-state index in [2.05, 4.69) is 16.0 Å². The molecule has 13 heteroatoms. The van der Waals surface area contributed by atoms with Gasteiger partial charge in [-0.25, -0.2) is 9.59 Å². The van der Waals surface area contributed by atoms with Crippen LogP contribution >= 0.6 is 11.8 Å². The minimum Gasteiger partial charge on any atom is -0.480 e. The first-order chi connectivity index (χ1) is 16.0. The van der Waals surface area contributed by atoms with Crippen molar-refractivity contribution in [1.82, 2.24) is 25.8 Å². The van der Waals surface area contributed by atoms with Gasteiger partial charge in [0.15, 0.2) is 0 Å². The van der Waals surface area contributed by atoms with E-state index in [4.69, 9.17) is 0 Å². The Labute approximate surface area is 198 Å². The molecule has 4 N–H and O–H groups in total. The smallest absolute Gasteiger partial charge is 0.327 e. The molecule has 34 heavy (non-hydrogen) atoms. The number of amides is 6. The summed E-state index contributed by atoms with van der Waals surface area (Å²) in [5, 5.41) is 16.3. The Morgan fingerprint density at radius 2 is 1.74 bits per heavy atom. The van der Waals surface area contributed by atoms with Crippen LogP contribution in [0.5, 0.6) is 0 Å². The van der Waals surface area contributed by atoms with Gasteiger partial charge in [-0.1, -0.05) is 30.3 Å². The topological polar surface area (TPSA) is 165 Å². The quantitative estimate of drug-likeness (QED) is 0.303. The Hall–Kier alpha value is -3.61. The molecule has 3 fully saturated rings. The lowest BCUT2D eigenvalue weighted by Crippen LogP contribution is -2.71. The number of carboxylic acid groups (broad SMARTS) is 1. The first kappa shape index (κ1) is 23.5. The molecule has 4 atom stereocenters. The second-order valence-corrected chi connectivity index (χ2v) is 10.5. The van der Waals surface area contributed by atoms with Crippen molar-refractivity contribution in [3.63, 3.8) is 0 Å². The van der Waals surface area contributed by atoms with Crippen molar-refractivity contribution in [2.75, 3.05) is 13.1 Å². The van der Waals surface area contributed by atoms with E-state index in [0.29, 0.717) is 5.56 Å². The highest BCUT2D eigenvalue weighted by atomic mass is 32.2. The third-order valence-electron chi connectivity index (χ3n) is 5.87. The highest BCUT2D eigenvalue weighted by Crippen LogP contribution is 2.50. The fraction of sp³-hybridized carbons (Fsp3) is 0.429. The number of aliphatic carboxylic acids is 1. The number of carbonyl (C=O) groups excluding carboxylic acids is 5. The number of benzene rings is 1. The number of carboxylic acids is 1. The van der Waals surface area contributed by atoms with E-state index in [0.717, 1.165) is 4.90 Å². The second kappa shape index (κ2) is 8.63. The maximum atomic E-state index is 13.2. The van der Waals surface area contributed by atoms with Gasteiger partial charge < -0.3 is 25.5 Å². The molecule has 0 aromatic heterocycles. The summed E-state index contributed by atoms with van der Waals surface area (Å²) in [5.74, 6) is -3.59. The van der Waals surface area contributed by atoms with Crippen molar-refractivity contribution in [3.8, 4) is 0 Å². The molecule has 3 heterocycles. The number of hydrogen-bond acceptors (Lipinski definition) is 7. The standard InChI is InChI=1S/C21H23N5O7S/c1-21(2)15(19(31)32)26-17(30)14(18(26)34-21)23-16(29)13(10-6-4-3-5-7-10)24-20(33)25-8-11(27)22-12(28)9-25/h3-7,13-15,18H,8-9H2,1-2H3,(H,23,29)(H,24,33)(H,31,32)(H,22,27,28). The zero-order chi connectivity index (χ0) is 24.8. The molecular weight excluding hydrogens is 466 g/mol. The SMILES string of the molecule is CC1(C)SC2C(NC(=O)C(NC(=O)N3CC(=O)NC(=O)C3)c3ccccc3)C(=O)N2C1C(=O)O. The van der Waals surface area contributed by atoms with Crippen LogP contribution in [-0.4, -0.2) is 85.8 Å². The van der Waals surface area contributed by atoms with Gasteiger partial charge in [-0.2, -0.15) is 0 Å². The first-order valence-electron chi connectivity index (χ1n) is 10.5. The highest BCUT2D eigenvalue weighted by Gasteiger charge is 2.64. The van der Waals surface area contributed by atoms with Crippen LogP contribution < -0.4 is 16.0 Å². The maximum absolute atomic E-state index is 13.2. The molecule has 12 nitrogen and oxygen atoms in total. The van der Waals surface area contributed by atoms with Crippen molar-refractivity contribution in [1.29, 1.82) is 0 Å². The number of hydrogen-bond donors (Lipinski definition) is 4. The van der Waals surface area contributed by atoms with Crippen LogP contribution in [0.2, 0.25) is 0 Å². The summed E-state index contributed by atoms with van der Waals surface area (Å²) in [6, 6.07) is 4.31. The summed E-state index contributed by atoms with van der Waals surface area (Å²) in [4.78, 5) is 75.9. The fourth-order valence-electron chi connectivity index (χ4n) is 4.32. The summed E-state index contributed by atoms with van der Waals surface area (Å²) in [6.07, 6.45) is 0. The summed E-state index contributed by atoms with van der Waals surface area (Å²) in [5.41, 5.74) is 0.424. The molecule has 180 valence electrons. The van der Waals surface area contributed by atoms with Crippen molar-refractivity contribution in [2.24, 2.45) is 0 Å². The van der Waals surface area contributed by atoms with Gasteiger partial charge in [-0.05, 0) is 19.4 Å². The van der Waals surface area contributed by atoms with E-state index in [-0.39, 0.29) is 13.1 Å². The highest BCUT2D eigenvalue weighted by molar-refractivity contribution is 8.01. The molecule has 3 saturated heterocycles. The molecule has 0 saturated carbocycles. The van der Waals surface area contributed by atoms with Gasteiger partial charge in [0.25, 0.3) is 0 Å². The van der Waals surface area contributed by atoms with Crippen LogP contribution in [0.3, 0.4) is 0 Å². The van der Waals surface area contributed by atoms with E-state index in [1.165, 1.54) is 16.7 Å². The average molecular weight is 490 g/mol. The van der Waals surface area contributed by atoms with E-state index in [9.17, 15) is 33.9 Å². The number of urea groups is 1. The van der Waals surface area contributed by atoms with E-state index >= 15 is 0 Å². The summed E-state index contributed by atoms with van der Waals surface area (Å²) in [7, 11) is 0. The van der Waals surface area contributed by atoms with Gasteiger partial charge in [-0.3, -0.25) is 24.5 Å². The lowest BCUT2D eigenvalue weighted by atomic mass is 9.95. The zero-order valence-corrected chi connectivity index (χ0v) is 19.1. The number of imide groups is 1. The number of fused-ring (bicyclic) bond motifs is 1. The van der Waals surface area contributed by atoms with Crippen LogP contribution in [0.25, 0.3) is 0 Å². The summed E-state index contributed by atoms with van der Waals surface area (Å²) >= 11 is 1.28. The predicted molar refractivity (Wildman–Crippen MR) is 118 cm³/mol. The van der Waals surface area contributed by atoms with E-state index in [1.807, 2.05) is 0 Å². The number of piperazine rings is 1. The predicted octanol–water partition coefficient (Wildman–Crippen LogP) is -0.973. The molecule has 4 unspecified atom stereocenters. The minimum absolute atomic E-state index is 0.346. The zero-order valence-electron chi connectivity index (χ0n) is 18.3. The van der Waals surface area contributed by atoms with Crippen molar-refractivity contribution < 1.29 is 33.9 Å². The van der Waals surface area contributed by atoms with Crippen LogP contribution in [0, 0.1) is 0 Å². The minimum atomic E-state index is -1.22. The van der Waals surface area contributed by atoms with Crippen LogP contribution in [0.1, 0.15) is 25.5 Å². The number of nitrogens with one attached hydrogen (secondary N) is 3. The molecule has 0 bridgehead atoms. The molecule has 0 radical (unpaired) electrons. The van der Waals surface area contributed by atoms with Gasteiger partial charge in [0.2, 0.25) is 23.6 Å². The lowest BCUT2D eigenvalue weighted by molar-refractivity contribution is -0.161. The van der Waals surface area contributed by atoms with Crippen LogP contribution in [-0.2, 0) is 24.0 Å². The van der Waals surface area contributed by atoms with Gasteiger partial charge in [-0.15, -0.1) is 11.8 Å². The van der Waals surface area contributed by atoms with Crippen molar-refractivity contribution in [2.45, 2.75) is 42.1 Å².